The molecule has 2 heterocycles. The Morgan fingerprint density at radius 1 is 1.35 bits per heavy atom. The summed E-state index contributed by atoms with van der Waals surface area (Å²) in [4.78, 5) is 5.68. The molecule has 1 saturated heterocycles. The van der Waals surface area contributed by atoms with E-state index in [0.717, 1.165) is 25.2 Å². The van der Waals surface area contributed by atoms with Crippen LogP contribution in [0, 0.1) is 0 Å². The second-order valence-corrected chi connectivity index (χ2v) is 8.00. The molecule has 1 aliphatic heterocycles. The first-order valence-corrected chi connectivity index (χ1v) is 8.96. The summed E-state index contributed by atoms with van der Waals surface area (Å²) in [7, 11) is -2.11. The van der Waals surface area contributed by atoms with Gasteiger partial charge in [-0.05, 0) is 18.9 Å². The number of anilines is 1. The van der Waals surface area contributed by atoms with Crippen molar-refractivity contribution in [1.29, 1.82) is 0 Å². The van der Waals surface area contributed by atoms with Crippen LogP contribution in [-0.2, 0) is 9.71 Å². The molecule has 1 aromatic carbocycles. The van der Waals surface area contributed by atoms with Gasteiger partial charge in [-0.15, -0.1) is 0 Å². The van der Waals surface area contributed by atoms with Crippen LogP contribution >= 0.6 is 0 Å². The van der Waals surface area contributed by atoms with E-state index in [1.165, 1.54) is 11.1 Å². The quantitative estimate of drug-likeness (QED) is 0.859. The van der Waals surface area contributed by atoms with Crippen LogP contribution < -0.4 is 4.90 Å². The summed E-state index contributed by atoms with van der Waals surface area (Å²) in [5, 5.41) is 1.25. The second-order valence-electron chi connectivity index (χ2n) is 5.61. The maximum absolute atomic E-state index is 12.1. The van der Waals surface area contributed by atoms with E-state index in [-0.39, 0.29) is 6.04 Å². The number of fused-ring (bicyclic) bond motifs is 1. The van der Waals surface area contributed by atoms with Crippen molar-refractivity contribution < 1.29 is 4.21 Å². The lowest BCUT2D eigenvalue weighted by atomic mass is 10.2. The largest absolute Gasteiger partial charge is 0.367 e. The molecule has 108 valence electrons. The van der Waals surface area contributed by atoms with Gasteiger partial charge in [0.15, 0.2) is 0 Å². The minimum Gasteiger partial charge on any atom is -0.367 e. The Bertz CT molecular complexity index is 720. The maximum atomic E-state index is 12.1. The molecule has 0 saturated carbocycles. The molecule has 3 rings (SSSR count). The van der Waals surface area contributed by atoms with E-state index in [2.05, 4.69) is 47.1 Å². The Balaban J connectivity index is 1.87. The van der Waals surface area contributed by atoms with E-state index >= 15 is 0 Å². The van der Waals surface area contributed by atoms with Crippen molar-refractivity contribution in [3.05, 3.63) is 30.5 Å². The Hall–Kier alpha value is -1.46. The molecule has 0 amide bonds. The Labute approximate surface area is 120 Å². The highest BCUT2D eigenvalue weighted by Gasteiger charge is 2.28. The number of hydrogen-bond donors (Lipinski definition) is 1. The Morgan fingerprint density at radius 3 is 2.80 bits per heavy atom. The number of aromatic amines is 1. The van der Waals surface area contributed by atoms with E-state index in [1.807, 2.05) is 10.4 Å². The van der Waals surface area contributed by atoms with Gasteiger partial charge in [0, 0.05) is 58.7 Å². The van der Waals surface area contributed by atoms with Gasteiger partial charge in [-0.3, -0.25) is 4.21 Å². The summed E-state index contributed by atoms with van der Waals surface area (Å²) in [5.74, 6) is 3.81. The van der Waals surface area contributed by atoms with E-state index < -0.39 is 9.71 Å². The lowest BCUT2D eigenvalue weighted by molar-refractivity contribution is 0.323. The third kappa shape index (κ3) is 2.31. The number of rotatable bonds is 2. The highest BCUT2D eigenvalue weighted by atomic mass is 32.2. The number of H-pyrrole nitrogens is 1. The zero-order chi connectivity index (χ0) is 14.3. The SMILES string of the molecule is C=S(C)(=O)N1CCN(c2c[nH]c3ccccc23)CC1C. The van der Waals surface area contributed by atoms with Gasteiger partial charge in [-0.25, -0.2) is 4.31 Å². The van der Waals surface area contributed by atoms with Gasteiger partial charge in [0.1, 0.15) is 0 Å². The molecule has 2 atom stereocenters. The summed E-state index contributed by atoms with van der Waals surface area (Å²) >= 11 is 0. The predicted octanol–water partition coefficient (Wildman–Crippen LogP) is 1.94. The molecule has 1 aliphatic rings. The fourth-order valence-corrected chi connectivity index (χ4v) is 4.35. The maximum Gasteiger partial charge on any atom is 0.0624 e. The Morgan fingerprint density at radius 2 is 2.10 bits per heavy atom. The van der Waals surface area contributed by atoms with Crippen LogP contribution in [0.4, 0.5) is 5.69 Å². The Kier molecular flexibility index (Phi) is 3.26. The summed E-state index contributed by atoms with van der Waals surface area (Å²) in [5.41, 5.74) is 2.40. The van der Waals surface area contributed by atoms with Crippen molar-refractivity contribution in [3.8, 4) is 0 Å². The van der Waals surface area contributed by atoms with Crippen LogP contribution in [0.15, 0.2) is 30.5 Å². The first-order chi connectivity index (χ1) is 9.47. The molecular formula is C15H21N3OS. The summed E-state index contributed by atoms with van der Waals surface area (Å²) in [6.45, 7) is 4.67. The smallest absolute Gasteiger partial charge is 0.0624 e. The average molecular weight is 291 g/mol. The zero-order valence-corrected chi connectivity index (χ0v) is 12.8. The van der Waals surface area contributed by atoms with Gasteiger partial charge in [-0.1, -0.05) is 18.2 Å². The number of aromatic nitrogens is 1. The second kappa shape index (κ2) is 4.82. The molecule has 0 bridgehead atoms. The normalized spacial score (nSPS) is 23.9. The third-order valence-corrected chi connectivity index (χ3v) is 5.51. The van der Waals surface area contributed by atoms with Crippen molar-refractivity contribution >= 4 is 32.2 Å². The van der Waals surface area contributed by atoms with Crippen molar-refractivity contribution in [3.63, 3.8) is 0 Å². The number of hydrogen-bond acceptors (Lipinski definition) is 2. The highest BCUT2D eigenvalue weighted by molar-refractivity contribution is 7.97. The molecule has 1 N–H and O–H groups in total. The first-order valence-electron chi connectivity index (χ1n) is 6.87. The molecule has 5 heteroatoms. The number of nitrogens with zero attached hydrogens (tertiary/aromatic N) is 2. The fraction of sp³-hybridized carbons (Fsp3) is 0.400. The first kappa shape index (κ1) is 13.5. The molecule has 1 aromatic heterocycles. The lowest BCUT2D eigenvalue weighted by Gasteiger charge is -2.41. The van der Waals surface area contributed by atoms with Gasteiger partial charge in [0.25, 0.3) is 0 Å². The number of benzene rings is 1. The van der Waals surface area contributed by atoms with Gasteiger partial charge in [0.2, 0.25) is 0 Å². The number of piperazine rings is 1. The molecule has 0 aliphatic carbocycles. The molecule has 0 radical (unpaired) electrons. The molecule has 2 unspecified atom stereocenters. The molecular weight excluding hydrogens is 270 g/mol. The minimum atomic E-state index is -2.11. The van der Waals surface area contributed by atoms with Crippen LogP contribution in [0.3, 0.4) is 0 Å². The lowest BCUT2D eigenvalue weighted by Crippen LogP contribution is -2.53. The van der Waals surface area contributed by atoms with Gasteiger partial charge >= 0.3 is 0 Å². The monoisotopic (exact) mass is 291 g/mol. The molecule has 20 heavy (non-hydrogen) atoms. The van der Waals surface area contributed by atoms with Gasteiger partial charge in [0.05, 0.1) is 5.69 Å². The third-order valence-electron chi connectivity index (χ3n) is 3.97. The summed E-state index contributed by atoms with van der Waals surface area (Å²) in [6.07, 6.45) is 3.80. The van der Waals surface area contributed by atoms with E-state index in [1.54, 1.807) is 6.26 Å². The molecule has 1 fully saturated rings. The average Bonchev–Trinajstić information content (AvgIpc) is 2.80. The van der Waals surface area contributed by atoms with Crippen LogP contribution in [0.2, 0.25) is 0 Å². The zero-order valence-electron chi connectivity index (χ0n) is 12.0. The topological polar surface area (TPSA) is 39.3 Å². The number of nitrogens with one attached hydrogen (secondary N) is 1. The molecule has 0 spiro atoms. The van der Waals surface area contributed by atoms with Crippen molar-refractivity contribution in [1.82, 2.24) is 9.29 Å². The predicted molar refractivity (Wildman–Crippen MR) is 87.9 cm³/mol. The summed E-state index contributed by atoms with van der Waals surface area (Å²) in [6, 6.07) is 8.58. The van der Waals surface area contributed by atoms with E-state index in [9.17, 15) is 4.21 Å². The fourth-order valence-electron chi connectivity index (χ4n) is 3.05. The molecule has 2 aromatic rings. The van der Waals surface area contributed by atoms with Gasteiger partial charge in [-0.2, -0.15) is 0 Å². The van der Waals surface area contributed by atoms with Crippen molar-refractivity contribution in [2.75, 3.05) is 30.8 Å². The van der Waals surface area contributed by atoms with Crippen molar-refractivity contribution in [2.45, 2.75) is 13.0 Å². The summed E-state index contributed by atoms with van der Waals surface area (Å²) < 4.78 is 14.2. The van der Waals surface area contributed by atoms with E-state index in [4.69, 9.17) is 0 Å². The standard InChI is InChI=1S/C15H21N3OS/c1-12-11-17(8-9-18(12)20(2,3)19)15-10-16-14-7-5-4-6-13(14)15/h4-7,10,12,16H,2,8-9,11H2,1,3H3. The van der Waals surface area contributed by atoms with Gasteiger partial charge < -0.3 is 9.88 Å². The van der Waals surface area contributed by atoms with Crippen LogP contribution in [0.1, 0.15) is 6.92 Å². The van der Waals surface area contributed by atoms with E-state index in [0.29, 0.717) is 0 Å². The van der Waals surface area contributed by atoms with Crippen molar-refractivity contribution in [2.24, 2.45) is 0 Å². The highest BCUT2D eigenvalue weighted by Crippen LogP contribution is 2.28. The number of para-hydroxylation sites is 1. The van der Waals surface area contributed by atoms with Crippen LogP contribution in [-0.4, -0.2) is 51.3 Å². The van der Waals surface area contributed by atoms with Crippen LogP contribution in [0.25, 0.3) is 10.9 Å². The molecule has 4 nitrogen and oxygen atoms in total. The minimum absolute atomic E-state index is 0.243. The van der Waals surface area contributed by atoms with Crippen LogP contribution in [0.5, 0.6) is 0 Å².